The minimum atomic E-state index is -0.665. The van der Waals surface area contributed by atoms with E-state index in [2.05, 4.69) is 10.2 Å². The van der Waals surface area contributed by atoms with Crippen molar-refractivity contribution in [3.05, 3.63) is 68.6 Å². The van der Waals surface area contributed by atoms with Crippen molar-refractivity contribution in [2.45, 2.75) is 0 Å². The van der Waals surface area contributed by atoms with Crippen molar-refractivity contribution in [3.8, 4) is 5.75 Å². The fourth-order valence-electron chi connectivity index (χ4n) is 2.24. The van der Waals surface area contributed by atoms with Gasteiger partial charge in [-0.15, -0.1) is 0 Å². The van der Waals surface area contributed by atoms with Crippen LogP contribution in [-0.4, -0.2) is 29.4 Å². The molecule has 0 atom stereocenters. The van der Waals surface area contributed by atoms with Gasteiger partial charge >= 0.3 is 5.97 Å². The SMILES string of the molecule is O=C(OCCOc1c(Cl)cccc1Cl)c1n[nH]c(=O)c2ccccc12. The maximum absolute atomic E-state index is 12.2. The molecule has 0 aliphatic heterocycles. The molecule has 1 heterocycles. The molecular formula is C17H12Cl2N2O4. The smallest absolute Gasteiger partial charge is 0.359 e. The predicted molar refractivity (Wildman–Crippen MR) is 94.6 cm³/mol. The summed E-state index contributed by atoms with van der Waals surface area (Å²) in [5.41, 5.74) is -0.338. The number of carbonyl (C=O) groups excluding carboxylic acids is 1. The van der Waals surface area contributed by atoms with Crippen molar-refractivity contribution in [2.75, 3.05) is 13.2 Å². The standard InChI is InChI=1S/C17H12Cl2N2O4/c18-12-6-3-7-13(19)15(12)24-8-9-25-17(23)14-10-4-1-2-5-11(10)16(22)21-20-14/h1-7H,8-9H2,(H,21,22). The molecule has 0 radical (unpaired) electrons. The highest BCUT2D eigenvalue weighted by Gasteiger charge is 2.15. The summed E-state index contributed by atoms with van der Waals surface area (Å²) in [6, 6.07) is 11.6. The third kappa shape index (κ3) is 3.75. The number of H-pyrrole nitrogens is 1. The van der Waals surface area contributed by atoms with Gasteiger partial charge in [-0.1, -0.05) is 47.5 Å². The molecule has 0 saturated carbocycles. The van der Waals surface area contributed by atoms with E-state index in [1.807, 2.05) is 0 Å². The van der Waals surface area contributed by atoms with E-state index in [0.29, 0.717) is 26.6 Å². The molecule has 128 valence electrons. The molecule has 3 rings (SSSR count). The summed E-state index contributed by atoms with van der Waals surface area (Å²) < 4.78 is 10.6. The van der Waals surface area contributed by atoms with Gasteiger partial charge in [0, 0.05) is 5.39 Å². The van der Waals surface area contributed by atoms with E-state index in [-0.39, 0.29) is 24.5 Å². The molecule has 0 amide bonds. The second kappa shape index (κ2) is 7.55. The van der Waals surface area contributed by atoms with Gasteiger partial charge < -0.3 is 9.47 Å². The Balaban J connectivity index is 1.66. The molecule has 0 aliphatic rings. The monoisotopic (exact) mass is 378 g/mol. The topological polar surface area (TPSA) is 81.3 Å². The molecule has 1 N–H and O–H groups in total. The number of hydrogen-bond acceptors (Lipinski definition) is 5. The number of nitrogens with one attached hydrogen (secondary N) is 1. The predicted octanol–water partition coefficient (Wildman–Crippen LogP) is 3.47. The molecular weight excluding hydrogens is 367 g/mol. The van der Waals surface area contributed by atoms with E-state index in [1.165, 1.54) is 0 Å². The Morgan fingerprint density at radius 3 is 2.40 bits per heavy atom. The lowest BCUT2D eigenvalue weighted by atomic mass is 10.1. The number of rotatable bonds is 5. The average molecular weight is 379 g/mol. The van der Waals surface area contributed by atoms with Crippen molar-refractivity contribution in [3.63, 3.8) is 0 Å². The minimum Gasteiger partial charge on any atom is -0.487 e. The molecule has 0 aliphatic carbocycles. The fourth-order valence-corrected chi connectivity index (χ4v) is 2.74. The highest BCUT2D eigenvalue weighted by molar-refractivity contribution is 6.37. The van der Waals surface area contributed by atoms with Crippen molar-refractivity contribution in [1.82, 2.24) is 10.2 Å². The van der Waals surface area contributed by atoms with E-state index in [0.717, 1.165) is 0 Å². The van der Waals surface area contributed by atoms with Gasteiger partial charge in [-0.05, 0) is 18.2 Å². The Hall–Kier alpha value is -2.57. The van der Waals surface area contributed by atoms with Gasteiger partial charge in [0.2, 0.25) is 0 Å². The number of benzene rings is 2. The molecule has 6 nitrogen and oxygen atoms in total. The lowest BCUT2D eigenvalue weighted by Crippen LogP contribution is -2.18. The number of hydrogen-bond donors (Lipinski definition) is 1. The number of ether oxygens (including phenoxy) is 2. The number of halogens is 2. The van der Waals surface area contributed by atoms with Crippen molar-refractivity contribution >= 4 is 39.9 Å². The molecule has 2 aromatic carbocycles. The van der Waals surface area contributed by atoms with Crippen LogP contribution in [0.15, 0.2) is 47.3 Å². The average Bonchev–Trinajstić information content (AvgIpc) is 2.61. The fraction of sp³-hybridized carbons (Fsp3) is 0.118. The number of esters is 1. The van der Waals surface area contributed by atoms with Gasteiger partial charge in [-0.25, -0.2) is 9.89 Å². The Morgan fingerprint density at radius 2 is 1.68 bits per heavy atom. The largest absolute Gasteiger partial charge is 0.487 e. The molecule has 0 bridgehead atoms. The van der Waals surface area contributed by atoms with Crippen LogP contribution in [0.4, 0.5) is 0 Å². The molecule has 0 spiro atoms. The van der Waals surface area contributed by atoms with E-state index in [4.69, 9.17) is 32.7 Å². The molecule has 0 saturated heterocycles. The van der Waals surface area contributed by atoms with Crippen LogP contribution < -0.4 is 10.3 Å². The Bertz CT molecular complexity index is 968. The first kappa shape index (κ1) is 17.3. The zero-order valence-electron chi connectivity index (χ0n) is 12.8. The summed E-state index contributed by atoms with van der Waals surface area (Å²) in [7, 11) is 0. The first-order chi connectivity index (χ1) is 12.1. The number of para-hydroxylation sites is 1. The van der Waals surface area contributed by atoms with Crippen LogP contribution in [0.5, 0.6) is 5.75 Å². The van der Waals surface area contributed by atoms with Gasteiger partial charge in [0.1, 0.15) is 13.2 Å². The van der Waals surface area contributed by atoms with Crippen LogP contribution in [0.2, 0.25) is 10.0 Å². The number of aromatic amines is 1. The summed E-state index contributed by atoms with van der Waals surface area (Å²) in [6.45, 7) is 0.0337. The molecule has 3 aromatic rings. The van der Waals surface area contributed by atoms with Gasteiger partial charge in [0.05, 0.1) is 15.4 Å². The maximum atomic E-state index is 12.2. The van der Waals surface area contributed by atoms with Crippen LogP contribution >= 0.6 is 23.2 Å². The summed E-state index contributed by atoms with van der Waals surface area (Å²) in [5.74, 6) is -0.337. The highest BCUT2D eigenvalue weighted by atomic mass is 35.5. The van der Waals surface area contributed by atoms with Gasteiger partial charge in [0.25, 0.3) is 5.56 Å². The number of aromatic nitrogens is 2. The second-order valence-corrected chi connectivity index (χ2v) is 5.80. The Kier molecular flexibility index (Phi) is 5.21. The second-order valence-electron chi connectivity index (χ2n) is 4.98. The number of nitrogens with zero attached hydrogens (tertiary/aromatic N) is 1. The maximum Gasteiger partial charge on any atom is 0.359 e. The minimum absolute atomic E-state index is 0.0322. The Morgan fingerprint density at radius 1 is 1.00 bits per heavy atom. The van der Waals surface area contributed by atoms with E-state index in [1.54, 1.807) is 42.5 Å². The van der Waals surface area contributed by atoms with Crippen molar-refractivity contribution in [2.24, 2.45) is 0 Å². The third-order valence-electron chi connectivity index (χ3n) is 3.37. The zero-order chi connectivity index (χ0) is 17.8. The first-order valence-electron chi connectivity index (χ1n) is 7.29. The summed E-state index contributed by atoms with van der Waals surface area (Å²) in [4.78, 5) is 23.9. The summed E-state index contributed by atoms with van der Waals surface area (Å²) in [6.07, 6.45) is 0. The van der Waals surface area contributed by atoms with Crippen LogP contribution in [0.1, 0.15) is 10.5 Å². The van der Waals surface area contributed by atoms with Crippen LogP contribution in [0, 0.1) is 0 Å². The van der Waals surface area contributed by atoms with Crippen LogP contribution in [0.3, 0.4) is 0 Å². The summed E-state index contributed by atoms with van der Waals surface area (Å²) in [5, 5.41) is 7.58. The zero-order valence-corrected chi connectivity index (χ0v) is 14.3. The molecule has 25 heavy (non-hydrogen) atoms. The quantitative estimate of drug-likeness (QED) is 0.542. The normalized spacial score (nSPS) is 10.6. The highest BCUT2D eigenvalue weighted by Crippen LogP contribution is 2.32. The van der Waals surface area contributed by atoms with E-state index >= 15 is 0 Å². The first-order valence-corrected chi connectivity index (χ1v) is 8.05. The van der Waals surface area contributed by atoms with Crippen LogP contribution in [0.25, 0.3) is 10.8 Å². The van der Waals surface area contributed by atoms with Gasteiger partial charge in [-0.2, -0.15) is 5.10 Å². The van der Waals surface area contributed by atoms with Gasteiger partial charge in [0.15, 0.2) is 11.4 Å². The molecule has 0 unspecified atom stereocenters. The van der Waals surface area contributed by atoms with Crippen LogP contribution in [-0.2, 0) is 4.74 Å². The van der Waals surface area contributed by atoms with Crippen molar-refractivity contribution < 1.29 is 14.3 Å². The number of carbonyl (C=O) groups is 1. The number of fused-ring (bicyclic) bond motifs is 1. The van der Waals surface area contributed by atoms with Gasteiger partial charge in [-0.3, -0.25) is 4.79 Å². The van der Waals surface area contributed by atoms with E-state index < -0.39 is 5.97 Å². The molecule has 8 heteroatoms. The lowest BCUT2D eigenvalue weighted by molar-refractivity contribution is 0.0445. The molecule has 1 aromatic heterocycles. The molecule has 0 fully saturated rings. The summed E-state index contributed by atoms with van der Waals surface area (Å²) >= 11 is 12.0. The Labute approximate surface area is 152 Å². The lowest BCUT2D eigenvalue weighted by Gasteiger charge is -2.10. The van der Waals surface area contributed by atoms with E-state index in [9.17, 15) is 9.59 Å². The third-order valence-corrected chi connectivity index (χ3v) is 3.97. The van der Waals surface area contributed by atoms with Crippen molar-refractivity contribution in [1.29, 1.82) is 0 Å².